The molecule has 2 aromatic rings. The van der Waals surface area contributed by atoms with E-state index in [1.165, 1.54) is 37.7 Å². The second kappa shape index (κ2) is 7.58. The maximum Gasteiger partial charge on any atom is 0.159 e. The van der Waals surface area contributed by atoms with Crippen molar-refractivity contribution in [3.63, 3.8) is 0 Å². The zero-order valence-electron chi connectivity index (χ0n) is 13.4. The third kappa shape index (κ3) is 3.90. The molecule has 1 heterocycles. The lowest BCUT2D eigenvalue weighted by molar-refractivity contribution is 0.318. The van der Waals surface area contributed by atoms with Gasteiger partial charge in [0.25, 0.3) is 0 Å². The van der Waals surface area contributed by atoms with E-state index in [2.05, 4.69) is 39.3 Å². The molecule has 0 saturated heterocycles. The van der Waals surface area contributed by atoms with E-state index in [1.807, 2.05) is 36.7 Å². The van der Waals surface area contributed by atoms with Gasteiger partial charge in [-0.2, -0.15) is 4.99 Å². The maximum atomic E-state index is 4.61. The first-order chi connectivity index (χ1) is 11.3. The Morgan fingerprint density at radius 3 is 2.30 bits per heavy atom. The van der Waals surface area contributed by atoms with Gasteiger partial charge < -0.3 is 0 Å². The van der Waals surface area contributed by atoms with Crippen molar-refractivity contribution in [3.8, 4) is 11.4 Å². The molecule has 0 unspecified atom stereocenters. The van der Waals surface area contributed by atoms with Crippen molar-refractivity contribution in [2.24, 2.45) is 10.9 Å². The summed E-state index contributed by atoms with van der Waals surface area (Å²) in [6.07, 6.45) is 10.5. The number of thiocarbonyl (C=S) groups is 1. The van der Waals surface area contributed by atoms with Gasteiger partial charge in [0.05, 0.1) is 10.8 Å². The Balaban J connectivity index is 1.70. The van der Waals surface area contributed by atoms with Crippen molar-refractivity contribution in [1.82, 2.24) is 9.97 Å². The summed E-state index contributed by atoms with van der Waals surface area (Å²) >= 11 is 4.61. The largest absolute Gasteiger partial charge is 0.236 e. The van der Waals surface area contributed by atoms with Crippen molar-refractivity contribution >= 4 is 23.1 Å². The topological polar surface area (TPSA) is 38.1 Å². The van der Waals surface area contributed by atoms with Crippen molar-refractivity contribution in [1.29, 1.82) is 0 Å². The minimum atomic E-state index is 0.631. The third-order valence-electron chi connectivity index (χ3n) is 4.87. The molecule has 1 aliphatic carbocycles. The van der Waals surface area contributed by atoms with Gasteiger partial charge in [-0.15, -0.1) is 0 Å². The highest BCUT2D eigenvalue weighted by Crippen LogP contribution is 2.36. The number of hydrogen-bond donors (Lipinski definition) is 0. The van der Waals surface area contributed by atoms with Crippen LogP contribution in [0.1, 0.15) is 50.5 Å². The molecule has 4 heteroatoms. The van der Waals surface area contributed by atoms with Crippen LogP contribution >= 0.6 is 12.2 Å². The van der Waals surface area contributed by atoms with Gasteiger partial charge in [0.2, 0.25) is 0 Å². The van der Waals surface area contributed by atoms with E-state index in [4.69, 9.17) is 0 Å². The third-order valence-corrected chi connectivity index (χ3v) is 4.96. The minimum absolute atomic E-state index is 0.631. The van der Waals surface area contributed by atoms with Gasteiger partial charge in [0.15, 0.2) is 5.82 Å². The number of rotatable bonds is 4. The van der Waals surface area contributed by atoms with Gasteiger partial charge >= 0.3 is 0 Å². The summed E-state index contributed by atoms with van der Waals surface area (Å²) in [5, 5.41) is 2.37. The van der Waals surface area contributed by atoms with E-state index >= 15 is 0 Å². The first-order valence-electron chi connectivity index (χ1n) is 8.30. The van der Waals surface area contributed by atoms with E-state index in [9.17, 15) is 0 Å². The minimum Gasteiger partial charge on any atom is -0.236 e. The molecule has 1 aromatic heterocycles. The molecule has 1 aromatic carbocycles. The molecule has 0 amide bonds. The van der Waals surface area contributed by atoms with E-state index < -0.39 is 0 Å². The molecule has 3 nitrogen and oxygen atoms in total. The molecule has 0 bridgehead atoms. The van der Waals surface area contributed by atoms with Gasteiger partial charge in [0.1, 0.15) is 0 Å². The number of nitrogens with zero attached hydrogens (tertiary/aromatic N) is 3. The van der Waals surface area contributed by atoms with Crippen LogP contribution in [0, 0.1) is 5.92 Å². The molecule has 0 N–H and O–H groups in total. The van der Waals surface area contributed by atoms with Crippen LogP contribution < -0.4 is 0 Å². The molecule has 1 aliphatic rings. The monoisotopic (exact) mass is 323 g/mol. The number of isothiocyanates is 1. The van der Waals surface area contributed by atoms with Crippen LogP contribution in [0.4, 0.5) is 5.69 Å². The molecule has 0 atom stereocenters. The Hall–Kier alpha value is -1.90. The molecular formula is C19H21N3S. The number of benzene rings is 1. The summed E-state index contributed by atoms with van der Waals surface area (Å²) in [6.45, 7) is 2.30. The first-order valence-corrected chi connectivity index (χ1v) is 8.71. The van der Waals surface area contributed by atoms with Crippen molar-refractivity contribution in [2.45, 2.75) is 44.9 Å². The SMILES string of the molecule is CCC1CCC(c2cnc(-c3ccc(N=C=S)cc3)nc2)CC1. The number of hydrogen-bond acceptors (Lipinski definition) is 4. The molecule has 3 rings (SSSR count). The first kappa shape index (κ1) is 16.0. The maximum absolute atomic E-state index is 4.61. The van der Waals surface area contributed by atoms with Crippen LogP contribution in [0.2, 0.25) is 0 Å². The van der Waals surface area contributed by atoms with Gasteiger partial charge in [-0.25, -0.2) is 9.97 Å². The van der Waals surface area contributed by atoms with Crippen LogP contribution in [0.15, 0.2) is 41.7 Å². The molecule has 1 fully saturated rings. The highest BCUT2D eigenvalue weighted by atomic mass is 32.1. The fourth-order valence-corrected chi connectivity index (χ4v) is 3.45. The summed E-state index contributed by atoms with van der Waals surface area (Å²) in [5.74, 6) is 2.31. The summed E-state index contributed by atoms with van der Waals surface area (Å²) in [6, 6.07) is 7.73. The quantitative estimate of drug-likeness (QED) is 0.546. The number of aromatic nitrogens is 2. The molecular weight excluding hydrogens is 302 g/mol. The average molecular weight is 323 g/mol. The highest BCUT2D eigenvalue weighted by Gasteiger charge is 2.21. The second-order valence-electron chi connectivity index (χ2n) is 6.22. The summed E-state index contributed by atoms with van der Waals surface area (Å²) in [7, 11) is 0. The molecule has 23 heavy (non-hydrogen) atoms. The van der Waals surface area contributed by atoms with Crippen LogP contribution in [-0.2, 0) is 0 Å². The van der Waals surface area contributed by atoms with Gasteiger partial charge in [-0.05, 0) is 79.6 Å². The van der Waals surface area contributed by atoms with Gasteiger partial charge in [0, 0.05) is 18.0 Å². The van der Waals surface area contributed by atoms with Gasteiger partial charge in [-0.1, -0.05) is 13.3 Å². The molecule has 0 aliphatic heterocycles. The predicted octanol–water partition coefficient (Wildman–Crippen LogP) is 5.56. The molecule has 0 spiro atoms. The Bertz CT molecular complexity index is 680. The van der Waals surface area contributed by atoms with Gasteiger partial charge in [-0.3, -0.25) is 0 Å². The summed E-state index contributed by atoms with van der Waals surface area (Å²) in [4.78, 5) is 13.1. The number of aliphatic imine (C=N–C) groups is 1. The van der Waals surface area contributed by atoms with Crippen LogP contribution in [-0.4, -0.2) is 15.1 Å². The van der Waals surface area contributed by atoms with Crippen LogP contribution in [0.5, 0.6) is 0 Å². The summed E-state index contributed by atoms with van der Waals surface area (Å²) in [5.41, 5.74) is 3.08. The lowest BCUT2D eigenvalue weighted by Gasteiger charge is -2.27. The standard InChI is InChI=1S/C19H21N3S/c1-2-14-3-5-15(6-4-14)17-11-20-19(21-12-17)16-7-9-18(10-8-16)22-13-23/h7-12,14-15H,2-6H2,1H3. The molecule has 0 radical (unpaired) electrons. The molecule has 1 saturated carbocycles. The van der Waals surface area contributed by atoms with Crippen molar-refractivity contribution in [3.05, 3.63) is 42.2 Å². The predicted molar refractivity (Wildman–Crippen MR) is 97.1 cm³/mol. The van der Waals surface area contributed by atoms with E-state index in [0.29, 0.717) is 5.92 Å². The average Bonchev–Trinajstić information content (AvgIpc) is 2.63. The second-order valence-corrected chi connectivity index (χ2v) is 6.40. The lowest BCUT2D eigenvalue weighted by Crippen LogP contribution is -2.13. The van der Waals surface area contributed by atoms with E-state index in [1.54, 1.807) is 0 Å². The summed E-state index contributed by atoms with van der Waals surface area (Å²) < 4.78 is 0. The fourth-order valence-electron chi connectivity index (χ4n) is 3.34. The Labute approximate surface area is 142 Å². The zero-order valence-corrected chi connectivity index (χ0v) is 14.2. The van der Waals surface area contributed by atoms with Crippen molar-refractivity contribution in [2.75, 3.05) is 0 Å². The lowest BCUT2D eigenvalue weighted by atomic mass is 9.78. The Kier molecular flexibility index (Phi) is 5.27. The van der Waals surface area contributed by atoms with E-state index in [0.717, 1.165) is 23.0 Å². The van der Waals surface area contributed by atoms with Crippen LogP contribution in [0.25, 0.3) is 11.4 Å². The smallest absolute Gasteiger partial charge is 0.159 e. The zero-order chi connectivity index (χ0) is 16.1. The fraction of sp³-hybridized carbons (Fsp3) is 0.421. The van der Waals surface area contributed by atoms with E-state index in [-0.39, 0.29) is 0 Å². The Morgan fingerprint density at radius 1 is 1.09 bits per heavy atom. The van der Waals surface area contributed by atoms with Crippen LogP contribution in [0.3, 0.4) is 0 Å². The van der Waals surface area contributed by atoms with Crippen molar-refractivity contribution < 1.29 is 0 Å². The Morgan fingerprint density at radius 2 is 1.74 bits per heavy atom. The normalized spacial score (nSPS) is 20.7. The molecule has 118 valence electrons. The highest BCUT2D eigenvalue weighted by molar-refractivity contribution is 7.78.